The van der Waals surface area contributed by atoms with Gasteiger partial charge in [0, 0.05) is 4.90 Å². The summed E-state index contributed by atoms with van der Waals surface area (Å²) in [5.74, 6) is 1.11. The molecule has 0 saturated carbocycles. The molecule has 2 aromatic rings. The van der Waals surface area contributed by atoms with E-state index in [-0.39, 0.29) is 11.5 Å². The molecule has 82 valence electrons. The number of carbonyl (C=O) groups excluding carboxylic acids is 1. The summed E-state index contributed by atoms with van der Waals surface area (Å²) in [4.78, 5) is 11.2. The lowest BCUT2D eigenvalue weighted by Crippen LogP contribution is -1.94. The van der Waals surface area contributed by atoms with Crippen molar-refractivity contribution in [2.45, 2.75) is 10.6 Å². The first-order chi connectivity index (χ1) is 7.79. The highest BCUT2D eigenvalue weighted by atomic mass is 32.2. The van der Waals surface area contributed by atoms with Crippen LogP contribution >= 0.6 is 0 Å². The summed E-state index contributed by atoms with van der Waals surface area (Å²) in [5, 5.41) is 0. The van der Waals surface area contributed by atoms with E-state index in [4.69, 9.17) is 4.42 Å². The Bertz CT molecular complexity index is 502. The van der Waals surface area contributed by atoms with Gasteiger partial charge in [0.2, 0.25) is 0 Å². The SMILES string of the molecule is O=Cc1ccc(CS(=O)c2ccccc2)o1. The largest absolute Gasteiger partial charge is 0.457 e. The van der Waals surface area contributed by atoms with E-state index in [1.54, 1.807) is 24.3 Å². The van der Waals surface area contributed by atoms with Gasteiger partial charge in [0.1, 0.15) is 5.76 Å². The minimum Gasteiger partial charge on any atom is -0.457 e. The van der Waals surface area contributed by atoms with Crippen molar-refractivity contribution >= 4 is 17.1 Å². The summed E-state index contributed by atoms with van der Waals surface area (Å²) in [6, 6.07) is 12.4. The lowest BCUT2D eigenvalue weighted by Gasteiger charge is -1.98. The number of rotatable bonds is 4. The van der Waals surface area contributed by atoms with Crippen LogP contribution in [-0.4, -0.2) is 10.5 Å². The maximum absolute atomic E-state index is 11.9. The van der Waals surface area contributed by atoms with E-state index in [0.717, 1.165) is 4.90 Å². The first kappa shape index (κ1) is 10.8. The Labute approximate surface area is 95.5 Å². The van der Waals surface area contributed by atoms with Crippen LogP contribution in [0.2, 0.25) is 0 Å². The Morgan fingerprint density at radius 3 is 2.50 bits per heavy atom. The van der Waals surface area contributed by atoms with Crippen molar-refractivity contribution in [3.63, 3.8) is 0 Å². The van der Waals surface area contributed by atoms with Crippen LogP contribution in [-0.2, 0) is 16.6 Å². The van der Waals surface area contributed by atoms with Crippen LogP contribution < -0.4 is 0 Å². The molecule has 0 aliphatic rings. The van der Waals surface area contributed by atoms with Gasteiger partial charge in [-0.3, -0.25) is 9.00 Å². The van der Waals surface area contributed by atoms with Crippen LogP contribution in [0.15, 0.2) is 51.8 Å². The summed E-state index contributed by atoms with van der Waals surface area (Å²) in [6.45, 7) is 0. The van der Waals surface area contributed by atoms with Crippen LogP contribution in [0.4, 0.5) is 0 Å². The number of hydrogen-bond donors (Lipinski definition) is 0. The number of hydrogen-bond acceptors (Lipinski definition) is 3. The molecule has 4 heteroatoms. The number of aldehydes is 1. The Morgan fingerprint density at radius 1 is 1.12 bits per heavy atom. The van der Waals surface area contributed by atoms with Crippen molar-refractivity contribution in [3.05, 3.63) is 54.0 Å². The van der Waals surface area contributed by atoms with Crippen LogP contribution in [0.1, 0.15) is 16.3 Å². The second kappa shape index (κ2) is 4.90. The third kappa shape index (κ3) is 2.46. The smallest absolute Gasteiger partial charge is 0.185 e. The fraction of sp³-hybridized carbons (Fsp3) is 0.0833. The number of benzene rings is 1. The average molecular weight is 234 g/mol. The fourth-order valence-corrected chi connectivity index (χ4v) is 2.36. The molecule has 1 aromatic carbocycles. The molecule has 16 heavy (non-hydrogen) atoms. The van der Waals surface area contributed by atoms with Gasteiger partial charge in [-0.1, -0.05) is 18.2 Å². The Morgan fingerprint density at radius 2 is 1.88 bits per heavy atom. The normalized spacial score (nSPS) is 12.2. The van der Waals surface area contributed by atoms with Crippen molar-refractivity contribution in [3.8, 4) is 0 Å². The molecule has 1 unspecified atom stereocenters. The molecule has 1 heterocycles. The van der Waals surface area contributed by atoms with E-state index < -0.39 is 10.8 Å². The van der Waals surface area contributed by atoms with Gasteiger partial charge < -0.3 is 4.42 Å². The predicted octanol–water partition coefficient (Wildman–Crippen LogP) is 2.40. The molecule has 2 rings (SSSR count). The topological polar surface area (TPSA) is 47.3 Å². The zero-order valence-corrected chi connectivity index (χ0v) is 9.28. The second-order valence-corrected chi connectivity index (χ2v) is 4.68. The van der Waals surface area contributed by atoms with Crippen LogP contribution in [0.25, 0.3) is 0 Å². The Kier molecular flexibility index (Phi) is 3.31. The van der Waals surface area contributed by atoms with E-state index in [2.05, 4.69) is 0 Å². The van der Waals surface area contributed by atoms with Crippen molar-refractivity contribution in [1.29, 1.82) is 0 Å². The van der Waals surface area contributed by atoms with Crippen molar-refractivity contribution < 1.29 is 13.4 Å². The zero-order chi connectivity index (χ0) is 11.4. The molecule has 3 nitrogen and oxygen atoms in total. The molecular formula is C12H10O3S. The maximum atomic E-state index is 11.9. The quantitative estimate of drug-likeness (QED) is 0.763. The third-order valence-electron chi connectivity index (χ3n) is 2.08. The Balaban J connectivity index is 2.11. The first-order valence-electron chi connectivity index (χ1n) is 4.77. The van der Waals surface area contributed by atoms with Gasteiger partial charge >= 0.3 is 0 Å². The lowest BCUT2D eigenvalue weighted by atomic mass is 10.4. The van der Waals surface area contributed by atoms with Gasteiger partial charge in [-0.2, -0.15) is 0 Å². The van der Waals surface area contributed by atoms with E-state index in [1.165, 1.54) is 0 Å². The third-order valence-corrected chi connectivity index (χ3v) is 3.42. The Hall–Kier alpha value is -1.68. The molecule has 1 atom stereocenters. The number of carbonyl (C=O) groups is 1. The molecular weight excluding hydrogens is 224 g/mol. The molecule has 0 spiro atoms. The molecule has 0 amide bonds. The van der Waals surface area contributed by atoms with Crippen molar-refractivity contribution in [1.82, 2.24) is 0 Å². The van der Waals surface area contributed by atoms with Gasteiger partial charge in [0.15, 0.2) is 12.0 Å². The predicted molar refractivity (Wildman–Crippen MR) is 60.6 cm³/mol. The van der Waals surface area contributed by atoms with Crippen LogP contribution in [0, 0.1) is 0 Å². The molecule has 1 aromatic heterocycles. The zero-order valence-electron chi connectivity index (χ0n) is 8.46. The maximum Gasteiger partial charge on any atom is 0.185 e. The first-order valence-corrected chi connectivity index (χ1v) is 6.09. The molecule has 0 fully saturated rings. The molecule has 0 N–H and O–H groups in total. The molecule has 0 aliphatic heterocycles. The summed E-state index contributed by atoms with van der Waals surface area (Å²) in [5.41, 5.74) is 0. The highest BCUT2D eigenvalue weighted by molar-refractivity contribution is 7.84. The number of furan rings is 1. The monoisotopic (exact) mass is 234 g/mol. The standard InChI is InChI=1S/C12H10O3S/c13-8-10-6-7-11(15-10)9-16(14)12-4-2-1-3-5-12/h1-8H,9H2. The van der Waals surface area contributed by atoms with Gasteiger partial charge in [-0.25, -0.2) is 0 Å². The fourth-order valence-electron chi connectivity index (χ4n) is 1.32. The highest BCUT2D eigenvalue weighted by Gasteiger charge is 2.07. The van der Waals surface area contributed by atoms with Gasteiger partial charge in [0.05, 0.1) is 16.6 Å². The van der Waals surface area contributed by atoms with E-state index in [0.29, 0.717) is 12.0 Å². The second-order valence-electron chi connectivity index (χ2n) is 3.22. The lowest BCUT2D eigenvalue weighted by molar-refractivity contribution is 0.109. The van der Waals surface area contributed by atoms with E-state index >= 15 is 0 Å². The molecule has 0 aliphatic carbocycles. The summed E-state index contributed by atoms with van der Waals surface area (Å²) >= 11 is 0. The van der Waals surface area contributed by atoms with Gasteiger partial charge in [-0.15, -0.1) is 0 Å². The average Bonchev–Trinajstić information content (AvgIpc) is 2.78. The molecule has 0 bridgehead atoms. The van der Waals surface area contributed by atoms with Crippen molar-refractivity contribution in [2.24, 2.45) is 0 Å². The molecule has 0 radical (unpaired) electrons. The van der Waals surface area contributed by atoms with Gasteiger partial charge in [-0.05, 0) is 24.3 Å². The summed E-state index contributed by atoms with van der Waals surface area (Å²) in [7, 11) is -1.13. The van der Waals surface area contributed by atoms with Crippen LogP contribution in [0.5, 0.6) is 0 Å². The minimum atomic E-state index is -1.13. The minimum absolute atomic E-state index is 0.264. The van der Waals surface area contributed by atoms with E-state index in [9.17, 15) is 9.00 Å². The van der Waals surface area contributed by atoms with Crippen molar-refractivity contribution in [2.75, 3.05) is 0 Å². The summed E-state index contributed by atoms with van der Waals surface area (Å²) < 4.78 is 17.0. The van der Waals surface area contributed by atoms with Gasteiger partial charge in [0.25, 0.3) is 0 Å². The van der Waals surface area contributed by atoms with E-state index in [1.807, 2.05) is 18.2 Å². The highest BCUT2D eigenvalue weighted by Crippen LogP contribution is 2.13. The molecule has 0 saturated heterocycles. The summed E-state index contributed by atoms with van der Waals surface area (Å²) in [6.07, 6.45) is 0.634. The van der Waals surface area contributed by atoms with Crippen LogP contribution in [0.3, 0.4) is 0 Å².